The second kappa shape index (κ2) is 6.55. The number of hydrogen-bond donors (Lipinski definition) is 1. The van der Waals surface area contributed by atoms with E-state index in [-0.39, 0.29) is 16.7 Å². The van der Waals surface area contributed by atoms with Gasteiger partial charge in [-0.3, -0.25) is 4.79 Å². The highest BCUT2D eigenvalue weighted by molar-refractivity contribution is 6.44. The summed E-state index contributed by atoms with van der Waals surface area (Å²) in [6.07, 6.45) is 2.91. The van der Waals surface area contributed by atoms with Gasteiger partial charge in [-0.2, -0.15) is 0 Å². The van der Waals surface area contributed by atoms with E-state index in [9.17, 15) is 9.18 Å². The van der Waals surface area contributed by atoms with E-state index >= 15 is 0 Å². The van der Waals surface area contributed by atoms with Gasteiger partial charge < -0.3 is 5.32 Å². The zero-order chi connectivity index (χ0) is 14.5. The highest BCUT2D eigenvalue weighted by Crippen LogP contribution is 2.29. The molecule has 0 saturated carbocycles. The SMILES string of the molecule is O=C(C=Cc1ccc(F)cc1)Nc1cccc(Cl)c1Cl. The van der Waals surface area contributed by atoms with E-state index in [0.717, 1.165) is 5.56 Å². The summed E-state index contributed by atoms with van der Waals surface area (Å²) in [5.74, 6) is -0.671. The number of halogens is 3. The fraction of sp³-hybridized carbons (Fsp3) is 0. The molecule has 0 atom stereocenters. The van der Waals surface area contributed by atoms with Gasteiger partial charge in [0.25, 0.3) is 0 Å². The summed E-state index contributed by atoms with van der Waals surface area (Å²) in [5, 5.41) is 3.27. The van der Waals surface area contributed by atoms with E-state index < -0.39 is 0 Å². The number of benzene rings is 2. The van der Waals surface area contributed by atoms with Crippen LogP contribution in [0, 0.1) is 5.82 Å². The summed E-state index contributed by atoms with van der Waals surface area (Å²) in [7, 11) is 0. The highest BCUT2D eigenvalue weighted by atomic mass is 35.5. The van der Waals surface area contributed by atoms with Crippen molar-refractivity contribution in [1.29, 1.82) is 0 Å². The van der Waals surface area contributed by atoms with Crippen LogP contribution in [0.5, 0.6) is 0 Å². The number of nitrogens with one attached hydrogen (secondary N) is 1. The summed E-state index contributed by atoms with van der Waals surface area (Å²) in [5.41, 5.74) is 1.16. The average molecular weight is 310 g/mol. The molecule has 0 spiro atoms. The molecule has 0 aliphatic heterocycles. The number of amides is 1. The van der Waals surface area contributed by atoms with Crippen molar-refractivity contribution >= 4 is 40.9 Å². The molecule has 0 aliphatic carbocycles. The van der Waals surface area contributed by atoms with Gasteiger partial charge in [-0.15, -0.1) is 0 Å². The molecule has 0 unspecified atom stereocenters. The van der Waals surface area contributed by atoms with Crippen LogP contribution in [0.4, 0.5) is 10.1 Å². The molecular formula is C15H10Cl2FNO. The Morgan fingerprint density at radius 3 is 2.50 bits per heavy atom. The predicted molar refractivity (Wildman–Crippen MR) is 80.5 cm³/mol. The molecule has 1 amide bonds. The molecule has 0 radical (unpaired) electrons. The second-order valence-electron chi connectivity index (χ2n) is 3.98. The maximum atomic E-state index is 12.7. The molecule has 20 heavy (non-hydrogen) atoms. The molecule has 2 rings (SSSR count). The van der Waals surface area contributed by atoms with E-state index in [4.69, 9.17) is 23.2 Å². The summed E-state index contributed by atoms with van der Waals surface area (Å²) in [6, 6.07) is 10.8. The average Bonchev–Trinajstić information content (AvgIpc) is 2.43. The fourth-order valence-corrected chi connectivity index (χ4v) is 1.87. The van der Waals surface area contributed by atoms with Crippen molar-refractivity contribution in [2.75, 3.05) is 5.32 Å². The van der Waals surface area contributed by atoms with Crippen LogP contribution in [0.25, 0.3) is 6.08 Å². The maximum Gasteiger partial charge on any atom is 0.248 e. The van der Waals surface area contributed by atoms with Crippen LogP contribution in [0.2, 0.25) is 10.0 Å². The Morgan fingerprint density at radius 2 is 1.80 bits per heavy atom. The first kappa shape index (κ1) is 14.6. The van der Waals surface area contributed by atoms with Gasteiger partial charge in [0.2, 0.25) is 5.91 Å². The van der Waals surface area contributed by atoms with Gasteiger partial charge in [0.05, 0.1) is 15.7 Å². The zero-order valence-corrected chi connectivity index (χ0v) is 11.8. The van der Waals surface area contributed by atoms with Gasteiger partial charge in [0, 0.05) is 6.08 Å². The van der Waals surface area contributed by atoms with Crippen LogP contribution in [-0.2, 0) is 4.79 Å². The van der Waals surface area contributed by atoms with Crippen LogP contribution in [0.15, 0.2) is 48.5 Å². The van der Waals surface area contributed by atoms with Crippen LogP contribution in [-0.4, -0.2) is 5.91 Å². The summed E-state index contributed by atoms with van der Waals surface area (Å²) < 4.78 is 12.7. The molecule has 0 aromatic heterocycles. The minimum Gasteiger partial charge on any atom is -0.321 e. The zero-order valence-electron chi connectivity index (χ0n) is 10.2. The molecule has 0 aliphatic rings. The van der Waals surface area contributed by atoms with Gasteiger partial charge in [0.1, 0.15) is 5.82 Å². The van der Waals surface area contributed by atoms with Crippen LogP contribution < -0.4 is 5.32 Å². The Morgan fingerprint density at radius 1 is 1.10 bits per heavy atom. The lowest BCUT2D eigenvalue weighted by molar-refractivity contribution is -0.111. The molecule has 2 aromatic rings. The maximum absolute atomic E-state index is 12.7. The smallest absolute Gasteiger partial charge is 0.248 e. The Kier molecular flexibility index (Phi) is 4.77. The summed E-state index contributed by atoms with van der Waals surface area (Å²) >= 11 is 11.8. The van der Waals surface area contributed by atoms with Crippen molar-refractivity contribution in [3.8, 4) is 0 Å². The molecular weight excluding hydrogens is 300 g/mol. The van der Waals surface area contributed by atoms with Crippen LogP contribution in [0.3, 0.4) is 0 Å². The third kappa shape index (κ3) is 3.83. The molecule has 1 N–H and O–H groups in total. The van der Waals surface area contributed by atoms with Gasteiger partial charge in [-0.05, 0) is 35.9 Å². The van der Waals surface area contributed by atoms with Crippen LogP contribution in [0.1, 0.15) is 5.56 Å². The van der Waals surface area contributed by atoms with Crippen molar-refractivity contribution in [2.45, 2.75) is 0 Å². The largest absolute Gasteiger partial charge is 0.321 e. The number of hydrogen-bond acceptors (Lipinski definition) is 1. The minimum absolute atomic E-state index is 0.290. The normalized spacial score (nSPS) is 10.8. The highest BCUT2D eigenvalue weighted by Gasteiger charge is 2.05. The topological polar surface area (TPSA) is 29.1 Å². The molecule has 2 aromatic carbocycles. The lowest BCUT2D eigenvalue weighted by Gasteiger charge is -2.05. The Labute approximate surface area is 125 Å². The van der Waals surface area contributed by atoms with E-state index in [0.29, 0.717) is 10.7 Å². The molecule has 0 bridgehead atoms. The van der Waals surface area contributed by atoms with Gasteiger partial charge in [-0.1, -0.05) is 41.4 Å². The van der Waals surface area contributed by atoms with Crippen molar-refractivity contribution in [1.82, 2.24) is 0 Å². The monoisotopic (exact) mass is 309 g/mol. The standard InChI is InChI=1S/C15H10Cl2FNO/c16-12-2-1-3-13(15(12)17)19-14(20)9-6-10-4-7-11(18)8-5-10/h1-9H,(H,19,20). The molecule has 2 nitrogen and oxygen atoms in total. The predicted octanol–water partition coefficient (Wildman–Crippen LogP) is 4.78. The van der Waals surface area contributed by atoms with Crippen molar-refractivity contribution < 1.29 is 9.18 Å². The van der Waals surface area contributed by atoms with E-state index in [1.165, 1.54) is 18.2 Å². The summed E-state index contributed by atoms with van der Waals surface area (Å²) in [6.45, 7) is 0. The molecule has 0 saturated heterocycles. The van der Waals surface area contributed by atoms with Gasteiger partial charge in [-0.25, -0.2) is 4.39 Å². The number of carbonyl (C=O) groups excluding carboxylic acids is 1. The lowest BCUT2D eigenvalue weighted by atomic mass is 10.2. The first-order chi connectivity index (χ1) is 9.56. The lowest BCUT2D eigenvalue weighted by Crippen LogP contribution is -2.08. The number of carbonyl (C=O) groups is 1. The number of rotatable bonds is 3. The van der Waals surface area contributed by atoms with Crippen molar-refractivity contribution in [3.05, 3.63) is 70.0 Å². The van der Waals surface area contributed by atoms with E-state index in [1.54, 1.807) is 36.4 Å². The Hall–Kier alpha value is -1.84. The minimum atomic E-state index is -0.349. The Balaban J connectivity index is 2.05. The van der Waals surface area contributed by atoms with Crippen molar-refractivity contribution in [3.63, 3.8) is 0 Å². The first-order valence-electron chi connectivity index (χ1n) is 5.75. The Bertz CT molecular complexity index is 653. The molecule has 0 fully saturated rings. The second-order valence-corrected chi connectivity index (χ2v) is 4.76. The third-order valence-corrected chi connectivity index (χ3v) is 3.33. The first-order valence-corrected chi connectivity index (χ1v) is 6.50. The third-order valence-electron chi connectivity index (χ3n) is 2.51. The molecule has 0 heterocycles. The van der Waals surface area contributed by atoms with E-state index in [2.05, 4.69) is 5.32 Å². The fourth-order valence-electron chi connectivity index (χ4n) is 1.52. The van der Waals surface area contributed by atoms with Crippen LogP contribution >= 0.6 is 23.2 Å². The molecule has 5 heteroatoms. The summed E-state index contributed by atoms with van der Waals surface area (Å²) in [4.78, 5) is 11.7. The van der Waals surface area contributed by atoms with E-state index in [1.807, 2.05) is 0 Å². The molecule has 102 valence electrons. The van der Waals surface area contributed by atoms with Crippen molar-refractivity contribution in [2.24, 2.45) is 0 Å². The van der Waals surface area contributed by atoms with Gasteiger partial charge in [0.15, 0.2) is 0 Å². The number of anilines is 1. The van der Waals surface area contributed by atoms with Gasteiger partial charge >= 0.3 is 0 Å². The quantitative estimate of drug-likeness (QED) is 0.812.